The number of halogens is 2. The number of benzene rings is 2. The Labute approximate surface area is 224 Å². The molecule has 1 fully saturated rings. The minimum atomic E-state index is -3.39. The van der Waals surface area contributed by atoms with Crippen molar-refractivity contribution < 1.29 is 12.8 Å². The molecule has 0 amide bonds. The number of anilines is 2. The molecule has 36 heavy (non-hydrogen) atoms. The van der Waals surface area contributed by atoms with E-state index in [1.165, 1.54) is 0 Å². The second kappa shape index (κ2) is 9.74. The van der Waals surface area contributed by atoms with Crippen LogP contribution < -0.4 is 14.9 Å². The first-order valence-electron chi connectivity index (χ1n) is 10.8. The summed E-state index contributed by atoms with van der Waals surface area (Å²) in [4.78, 5) is 6.48. The van der Waals surface area contributed by atoms with Crippen molar-refractivity contribution in [2.75, 3.05) is 15.9 Å². The molecule has 0 spiro atoms. The minimum absolute atomic E-state index is 0.291. The molecule has 5 rings (SSSR count). The maximum atomic E-state index is 11.6. The zero-order valence-electron chi connectivity index (χ0n) is 18.9. The van der Waals surface area contributed by atoms with Gasteiger partial charge in [-0.25, -0.2) is 8.42 Å². The summed E-state index contributed by atoms with van der Waals surface area (Å²) in [5, 5.41) is 4.77. The van der Waals surface area contributed by atoms with Crippen molar-refractivity contribution in [1.29, 1.82) is 0 Å². The van der Waals surface area contributed by atoms with Crippen molar-refractivity contribution in [2.24, 2.45) is 0 Å². The minimum Gasteiger partial charge on any atom is -0.459 e. The van der Waals surface area contributed by atoms with Gasteiger partial charge in [0.25, 0.3) is 0 Å². The number of furan rings is 1. The third-order valence-electron chi connectivity index (χ3n) is 5.67. The lowest BCUT2D eigenvalue weighted by molar-refractivity contribution is 0.439. The highest BCUT2D eigenvalue weighted by Crippen LogP contribution is 2.43. The third-order valence-corrected chi connectivity index (χ3v) is 7.33. The van der Waals surface area contributed by atoms with Gasteiger partial charge in [0.05, 0.1) is 28.0 Å². The van der Waals surface area contributed by atoms with Gasteiger partial charge in [-0.15, -0.1) is 0 Å². The van der Waals surface area contributed by atoms with Crippen LogP contribution in [-0.2, 0) is 10.0 Å². The number of nitrogens with one attached hydrogen (secondary N) is 2. The predicted octanol–water partition coefficient (Wildman–Crippen LogP) is 6.20. The van der Waals surface area contributed by atoms with Gasteiger partial charge in [-0.1, -0.05) is 29.3 Å². The average molecular weight is 560 g/mol. The molecular weight excluding hydrogens is 539 g/mol. The molecule has 0 bridgehead atoms. The second-order valence-corrected chi connectivity index (χ2v) is 11.2. The lowest BCUT2D eigenvalue weighted by Gasteiger charge is -2.26. The molecule has 7 nitrogen and oxygen atoms in total. The molecular formula is C25H20Cl2N4O3S2. The largest absolute Gasteiger partial charge is 0.459 e. The highest BCUT2D eigenvalue weighted by molar-refractivity contribution is 7.92. The van der Waals surface area contributed by atoms with Crippen LogP contribution in [0.15, 0.2) is 83.4 Å². The Morgan fingerprint density at radius 2 is 1.81 bits per heavy atom. The van der Waals surface area contributed by atoms with E-state index in [-0.39, 0.29) is 12.1 Å². The molecule has 1 saturated heterocycles. The number of pyridine rings is 1. The topological polar surface area (TPSA) is 87.5 Å². The van der Waals surface area contributed by atoms with E-state index in [0.717, 1.165) is 23.2 Å². The van der Waals surface area contributed by atoms with Crippen LogP contribution in [0.25, 0.3) is 11.3 Å². The maximum absolute atomic E-state index is 11.6. The van der Waals surface area contributed by atoms with Crippen molar-refractivity contribution in [3.63, 3.8) is 0 Å². The highest BCUT2D eigenvalue weighted by atomic mass is 35.5. The van der Waals surface area contributed by atoms with E-state index in [4.69, 9.17) is 39.8 Å². The third kappa shape index (κ3) is 5.05. The van der Waals surface area contributed by atoms with E-state index in [1.54, 1.807) is 42.6 Å². The molecule has 4 aromatic rings. The summed E-state index contributed by atoms with van der Waals surface area (Å²) in [7, 11) is -3.39. The van der Waals surface area contributed by atoms with E-state index < -0.39 is 10.0 Å². The molecule has 1 aliphatic rings. The van der Waals surface area contributed by atoms with Crippen molar-refractivity contribution >= 4 is 61.9 Å². The van der Waals surface area contributed by atoms with Gasteiger partial charge >= 0.3 is 0 Å². The summed E-state index contributed by atoms with van der Waals surface area (Å²) in [6.45, 7) is 0. The molecule has 2 unspecified atom stereocenters. The normalized spacial score (nSPS) is 17.8. The van der Waals surface area contributed by atoms with E-state index in [2.05, 4.69) is 15.0 Å². The Kier molecular flexibility index (Phi) is 6.65. The van der Waals surface area contributed by atoms with E-state index in [1.807, 2.05) is 41.3 Å². The second-order valence-electron chi connectivity index (χ2n) is 8.25. The maximum Gasteiger partial charge on any atom is 0.229 e. The first-order valence-corrected chi connectivity index (χ1v) is 13.9. The number of hydrogen-bond acceptors (Lipinski definition) is 5. The summed E-state index contributed by atoms with van der Waals surface area (Å²) >= 11 is 18.0. The van der Waals surface area contributed by atoms with Gasteiger partial charge < -0.3 is 14.6 Å². The van der Waals surface area contributed by atoms with E-state index >= 15 is 0 Å². The monoisotopic (exact) mass is 558 g/mol. The van der Waals surface area contributed by atoms with E-state index in [9.17, 15) is 8.42 Å². The molecule has 1 aliphatic heterocycles. The zero-order valence-corrected chi connectivity index (χ0v) is 22.0. The first-order chi connectivity index (χ1) is 17.2. The van der Waals surface area contributed by atoms with Gasteiger partial charge in [0.2, 0.25) is 10.0 Å². The van der Waals surface area contributed by atoms with Gasteiger partial charge in [0.15, 0.2) is 5.11 Å². The van der Waals surface area contributed by atoms with Crippen molar-refractivity contribution in [3.8, 4) is 11.3 Å². The fraction of sp³-hybridized carbons (Fsp3) is 0.120. The number of rotatable bonds is 6. The van der Waals surface area contributed by atoms with Crippen LogP contribution in [0.5, 0.6) is 0 Å². The van der Waals surface area contributed by atoms with Crippen LogP contribution in [0, 0.1) is 0 Å². The van der Waals surface area contributed by atoms with Crippen LogP contribution in [-0.4, -0.2) is 24.8 Å². The molecule has 2 aromatic heterocycles. The summed E-state index contributed by atoms with van der Waals surface area (Å²) in [6.07, 6.45) is 2.84. The van der Waals surface area contributed by atoms with Crippen molar-refractivity contribution in [2.45, 2.75) is 12.1 Å². The van der Waals surface area contributed by atoms with Gasteiger partial charge in [0.1, 0.15) is 17.6 Å². The Bertz CT molecular complexity index is 1530. The van der Waals surface area contributed by atoms with Gasteiger partial charge in [0, 0.05) is 23.1 Å². The van der Waals surface area contributed by atoms with Gasteiger partial charge in [-0.2, -0.15) is 0 Å². The molecule has 0 radical (unpaired) electrons. The molecule has 11 heteroatoms. The van der Waals surface area contributed by atoms with Crippen LogP contribution in [0.4, 0.5) is 11.4 Å². The van der Waals surface area contributed by atoms with Gasteiger partial charge in [-0.05, 0) is 78.9 Å². The van der Waals surface area contributed by atoms with Crippen LogP contribution in [0.2, 0.25) is 10.0 Å². The van der Waals surface area contributed by atoms with Crippen molar-refractivity contribution in [3.05, 3.63) is 100 Å². The van der Waals surface area contributed by atoms with Crippen LogP contribution in [0.1, 0.15) is 23.5 Å². The number of nitrogens with zero attached hydrogens (tertiary/aromatic N) is 2. The SMILES string of the molecule is CS(=O)(=O)Nc1ccc(N2C(=S)NC(c3ccccn3)C2c2ccc(-c3ccc(Cl)c(Cl)c3)o2)cc1. The fourth-order valence-electron chi connectivity index (χ4n) is 4.14. The van der Waals surface area contributed by atoms with Crippen LogP contribution >= 0.6 is 35.4 Å². The summed E-state index contributed by atoms with van der Waals surface area (Å²) < 4.78 is 32.0. The highest BCUT2D eigenvalue weighted by Gasteiger charge is 2.42. The summed E-state index contributed by atoms with van der Waals surface area (Å²) in [5.41, 5.74) is 2.82. The molecule has 2 atom stereocenters. The van der Waals surface area contributed by atoms with Crippen LogP contribution in [0.3, 0.4) is 0 Å². The standard InChI is InChI=1S/C25H20Cl2N4O3S2/c1-36(32,33)30-16-6-8-17(9-7-16)31-24(23(29-25(31)35)20-4-2-3-13-28-20)22-12-11-21(34-22)15-5-10-18(26)19(27)14-15/h2-14,23-24,30H,1H3,(H,29,35). The number of hydrogen-bond donors (Lipinski definition) is 2. The molecule has 2 N–H and O–H groups in total. The van der Waals surface area contributed by atoms with E-state index in [0.29, 0.717) is 32.4 Å². The first kappa shape index (κ1) is 24.6. The molecule has 2 aromatic carbocycles. The van der Waals surface area contributed by atoms with Gasteiger partial charge in [-0.3, -0.25) is 9.71 Å². The predicted molar refractivity (Wildman–Crippen MR) is 147 cm³/mol. The lowest BCUT2D eigenvalue weighted by atomic mass is 10.0. The molecule has 0 aliphatic carbocycles. The quantitative estimate of drug-likeness (QED) is 0.272. The molecule has 3 heterocycles. The smallest absolute Gasteiger partial charge is 0.229 e. The number of sulfonamides is 1. The Morgan fingerprint density at radius 3 is 2.47 bits per heavy atom. The lowest BCUT2D eigenvalue weighted by Crippen LogP contribution is -2.29. The number of aromatic nitrogens is 1. The Hall–Kier alpha value is -3.11. The Balaban J connectivity index is 1.55. The molecule has 184 valence electrons. The fourth-order valence-corrected chi connectivity index (χ4v) is 5.35. The average Bonchev–Trinajstić information content (AvgIpc) is 3.46. The number of thiocarbonyl (C=S) groups is 1. The summed E-state index contributed by atoms with van der Waals surface area (Å²) in [5.74, 6) is 1.30. The zero-order chi connectivity index (χ0) is 25.4. The van der Waals surface area contributed by atoms with Crippen molar-refractivity contribution in [1.82, 2.24) is 10.3 Å². The Morgan fingerprint density at radius 1 is 1.03 bits per heavy atom. The summed E-state index contributed by atoms with van der Waals surface area (Å²) in [6, 6.07) is 21.1. The molecule has 0 saturated carbocycles.